The van der Waals surface area contributed by atoms with Gasteiger partial charge >= 0.3 is 5.97 Å². The third-order valence-corrected chi connectivity index (χ3v) is 3.63. The molecule has 112 valence electrons. The van der Waals surface area contributed by atoms with Crippen molar-refractivity contribution in [3.63, 3.8) is 0 Å². The van der Waals surface area contributed by atoms with E-state index in [4.69, 9.17) is 5.11 Å². The van der Waals surface area contributed by atoms with Gasteiger partial charge in [0, 0.05) is 6.54 Å². The van der Waals surface area contributed by atoms with Crippen molar-refractivity contribution in [1.82, 2.24) is 14.8 Å². The van der Waals surface area contributed by atoms with E-state index in [1.165, 1.54) is 10.6 Å². The molecule has 0 aliphatic carbocycles. The van der Waals surface area contributed by atoms with E-state index in [1.54, 1.807) is 0 Å². The molecular formula is C13H13F2N3O2S. The normalized spacial score (nSPS) is 10.8. The molecule has 0 atom stereocenters. The molecular weight excluding hydrogens is 300 g/mol. The molecule has 2 rings (SSSR count). The van der Waals surface area contributed by atoms with Crippen LogP contribution in [0.5, 0.6) is 0 Å². The maximum Gasteiger partial charge on any atom is 0.313 e. The Kier molecular flexibility index (Phi) is 4.89. The molecule has 0 fully saturated rings. The van der Waals surface area contributed by atoms with Crippen LogP contribution in [0.25, 0.3) is 11.4 Å². The predicted molar refractivity (Wildman–Crippen MR) is 74.0 cm³/mol. The zero-order valence-electron chi connectivity index (χ0n) is 11.2. The summed E-state index contributed by atoms with van der Waals surface area (Å²) in [5.74, 6) is -2.57. The van der Waals surface area contributed by atoms with Gasteiger partial charge in [-0.3, -0.25) is 4.79 Å². The number of carboxylic acids is 1. The maximum absolute atomic E-state index is 13.9. The Balaban J connectivity index is 2.46. The second-order valence-electron chi connectivity index (χ2n) is 4.24. The highest BCUT2D eigenvalue weighted by molar-refractivity contribution is 7.99. The summed E-state index contributed by atoms with van der Waals surface area (Å²) in [6, 6.07) is 3.57. The summed E-state index contributed by atoms with van der Waals surface area (Å²) < 4.78 is 29.3. The average Bonchev–Trinajstić information content (AvgIpc) is 2.80. The lowest BCUT2D eigenvalue weighted by Crippen LogP contribution is -2.06. The summed E-state index contributed by atoms with van der Waals surface area (Å²) in [6.45, 7) is 2.34. The molecule has 0 aliphatic heterocycles. The third-order valence-electron chi connectivity index (χ3n) is 2.68. The molecule has 8 heteroatoms. The maximum atomic E-state index is 13.9. The van der Waals surface area contributed by atoms with E-state index in [9.17, 15) is 13.6 Å². The molecule has 21 heavy (non-hydrogen) atoms. The number of hydrogen-bond acceptors (Lipinski definition) is 4. The molecule has 1 heterocycles. The molecule has 2 aromatic rings. The van der Waals surface area contributed by atoms with Gasteiger partial charge in [-0.05, 0) is 18.6 Å². The quantitative estimate of drug-likeness (QED) is 0.831. The van der Waals surface area contributed by atoms with Crippen molar-refractivity contribution >= 4 is 17.7 Å². The van der Waals surface area contributed by atoms with E-state index in [0.717, 1.165) is 23.9 Å². The van der Waals surface area contributed by atoms with Gasteiger partial charge in [0.1, 0.15) is 11.6 Å². The summed E-state index contributed by atoms with van der Waals surface area (Å²) in [7, 11) is 0. The number of hydrogen-bond donors (Lipinski definition) is 1. The monoisotopic (exact) mass is 313 g/mol. The van der Waals surface area contributed by atoms with Crippen LogP contribution in [-0.2, 0) is 11.3 Å². The molecule has 0 aliphatic rings. The number of aliphatic carboxylic acids is 1. The second-order valence-corrected chi connectivity index (χ2v) is 5.18. The predicted octanol–water partition coefficient (Wildman–Crippen LogP) is 2.81. The van der Waals surface area contributed by atoms with Crippen LogP contribution in [0.4, 0.5) is 8.78 Å². The molecule has 0 amide bonds. The van der Waals surface area contributed by atoms with Crippen LogP contribution in [0, 0.1) is 11.6 Å². The summed E-state index contributed by atoms with van der Waals surface area (Å²) in [5, 5.41) is 16.7. The van der Waals surface area contributed by atoms with Gasteiger partial charge < -0.3 is 9.67 Å². The van der Waals surface area contributed by atoms with Gasteiger partial charge in [0.25, 0.3) is 0 Å². The smallest absolute Gasteiger partial charge is 0.313 e. The molecule has 1 aromatic heterocycles. The van der Waals surface area contributed by atoms with E-state index in [0.29, 0.717) is 18.1 Å². The Morgan fingerprint density at radius 1 is 1.33 bits per heavy atom. The molecule has 5 nitrogen and oxygen atoms in total. The number of halogens is 2. The molecule has 1 aromatic carbocycles. The van der Waals surface area contributed by atoms with E-state index >= 15 is 0 Å². The van der Waals surface area contributed by atoms with Crippen molar-refractivity contribution < 1.29 is 18.7 Å². The highest BCUT2D eigenvalue weighted by Crippen LogP contribution is 2.28. The number of carbonyl (C=O) groups is 1. The Hall–Kier alpha value is -1.96. The van der Waals surface area contributed by atoms with E-state index in [1.807, 2.05) is 6.92 Å². The topological polar surface area (TPSA) is 68.0 Å². The van der Waals surface area contributed by atoms with E-state index in [2.05, 4.69) is 10.2 Å². The van der Waals surface area contributed by atoms with Crippen molar-refractivity contribution in [2.24, 2.45) is 0 Å². The van der Waals surface area contributed by atoms with Crippen LogP contribution in [-0.4, -0.2) is 31.6 Å². The fourth-order valence-corrected chi connectivity index (χ4v) is 2.53. The van der Waals surface area contributed by atoms with Crippen LogP contribution in [0.1, 0.15) is 13.3 Å². The first kappa shape index (κ1) is 15.4. The van der Waals surface area contributed by atoms with Crippen LogP contribution in [0.2, 0.25) is 0 Å². The number of nitrogens with zero attached hydrogens (tertiary/aromatic N) is 3. The first-order chi connectivity index (χ1) is 10.0. The highest BCUT2D eigenvalue weighted by Gasteiger charge is 2.20. The number of thioether (sulfide) groups is 1. The number of rotatable bonds is 6. The lowest BCUT2D eigenvalue weighted by Gasteiger charge is -2.09. The summed E-state index contributed by atoms with van der Waals surface area (Å²) in [6.07, 6.45) is 0.696. The van der Waals surface area contributed by atoms with Gasteiger partial charge in [-0.2, -0.15) is 0 Å². The van der Waals surface area contributed by atoms with Gasteiger partial charge in [0.15, 0.2) is 11.0 Å². The first-order valence-corrected chi connectivity index (χ1v) is 7.25. The number of benzene rings is 1. The molecule has 0 saturated carbocycles. The Labute approximate surface area is 124 Å². The van der Waals surface area contributed by atoms with Gasteiger partial charge in [0.05, 0.1) is 11.3 Å². The minimum atomic E-state index is -0.996. The summed E-state index contributed by atoms with van der Waals surface area (Å²) >= 11 is 0.967. The SMILES string of the molecule is CCCn1c(SCC(=O)O)nnc1-c1c(F)cccc1F. The Morgan fingerprint density at radius 2 is 2.00 bits per heavy atom. The third kappa shape index (κ3) is 3.38. The van der Waals surface area contributed by atoms with Crippen molar-refractivity contribution in [2.45, 2.75) is 25.0 Å². The molecule has 1 N–H and O–H groups in total. The van der Waals surface area contributed by atoms with Crippen molar-refractivity contribution in [1.29, 1.82) is 0 Å². The van der Waals surface area contributed by atoms with E-state index < -0.39 is 17.6 Å². The second kappa shape index (κ2) is 6.66. The van der Waals surface area contributed by atoms with Gasteiger partial charge in [-0.1, -0.05) is 24.8 Å². The standard InChI is InChI=1S/C13H13F2N3O2S/c1-2-6-18-12(11-8(14)4-3-5-9(11)15)16-17-13(18)21-7-10(19)20/h3-5H,2,6-7H2,1H3,(H,19,20). The van der Waals surface area contributed by atoms with Crippen molar-refractivity contribution in [3.05, 3.63) is 29.8 Å². The van der Waals surface area contributed by atoms with E-state index in [-0.39, 0.29) is 17.1 Å². The molecule has 0 saturated heterocycles. The molecule has 0 bridgehead atoms. The first-order valence-electron chi connectivity index (χ1n) is 6.26. The minimum Gasteiger partial charge on any atom is -0.481 e. The lowest BCUT2D eigenvalue weighted by molar-refractivity contribution is -0.133. The summed E-state index contributed by atoms with van der Waals surface area (Å²) in [5.41, 5.74) is -0.249. The Morgan fingerprint density at radius 3 is 2.57 bits per heavy atom. The molecule has 0 radical (unpaired) electrons. The Bertz CT molecular complexity index is 641. The number of aromatic nitrogens is 3. The largest absolute Gasteiger partial charge is 0.481 e. The fraction of sp³-hybridized carbons (Fsp3) is 0.308. The van der Waals surface area contributed by atoms with Gasteiger partial charge in [0.2, 0.25) is 0 Å². The highest BCUT2D eigenvalue weighted by atomic mass is 32.2. The van der Waals surface area contributed by atoms with Gasteiger partial charge in [-0.15, -0.1) is 10.2 Å². The molecule has 0 unspecified atom stereocenters. The minimum absolute atomic E-state index is 0.0698. The fourth-order valence-electron chi connectivity index (χ4n) is 1.84. The zero-order valence-corrected chi connectivity index (χ0v) is 12.0. The average molecular weight is 313 g/mol. The van der Waals surface area contributed by atoms with Crippen molar-refractivity contribution in [2.75, 3.05) is 5.75 Å². The number of carboxylic acid groups (broad SMARTS) is 1. The molecule has 0 spiro atoms. The van der Waals surface area contributed by atoms with Crippen LogP contribution < -0.4 is 0 Å². The summed E-state index contributed by atoms with van der Waals surface area (Å²) in [4.78, 5) is 10.6. The zero-order chi connectivity index (χ0) is 15.4. The van der Waals surface area contributed by atoms with Crippen LogP contribution in [0.15, 0.2) is 23.4 Å². The van der Waals surface area contributed by atoms with Crippen molar-refractivity contribution in [3.8, 4) is 11.4 Å². The lowest BCUT2D eigenvalue weighted by atomic mass is 10.2. The van der Waals surface area contributed by atoms with Crippen LogP contribution >= 0.6 is 11.8 Å². The van der Waals surface area contributed by atoms with Gasteiger partial charge in [-0.25, -0.2) is 8.78 Å². The van der Waals surface area contributed by atoms with Crippen LogP contribution in [0.3, 0.4) is 0 Å².